The third kappa shape index (κ3) is 3.44. The van der Waals surface area contributed by atoms with E-state index in [2.05, 4.69) is 4.98 Å². The number of rotatable bonds is 5. The molecule has 21 heavy (non-hydrogen) atoms. The van der Waals surface area contributed by atoms with Gasteiger partial charge < -0.3 is 4.74 Å². The van der Waals surface area contributed by atoms with E-state index in [1.54, 1.807) is 10.6 Å². The van der Waals surface area contributed by atoms with Gasteiger partial charge in [0.25, 0.3) is 5.56 Å². The number of ether oxygens (including phenoxy) is 1. The van der Waals surface area contributed by atoms with Gasteiger partial charge in [0.15, 0.2) is 0 Å². The summed E-state index contributed by atoms with van der Waals surface area (Å²) in [4.78, 5) is 17.3. The number of hydrogen-bond donors (Lipinski definition) is 0. The van der Waals surface area contributed by atoms with Gasteiger partial charge in [0.2, 0.25) is 0 Å². The summed E-state index contributed by atoms with van der Waals surface area (Å²) in [5.74, 6) is 0.577. The maximum atomic E-state index is 12.7. The largest absolute Gasteiger partial charge is 0.374 e. The minimum absolute atomic E-state index is 0.0733. The van der Waals surface area contributed by atoms with Crippen LogP contribution < -0.4 is 5.56 Å². The number of aromatic nitrogens is 2. The molecule has 0 aliphatic carbocycles. The second kappa shape index (κ2) is 6.16. The molecule has 0 fully saturated rings. The Morgan fingerprint density at radius 1 is 1.38 bits per heavy atom. The van der Waals surface area contributed by atoms with Gasteiger partial charge in [0, 0.05) is 6.61 Å². The summed E-state index contributed by atoms with van der Waals surface area (Å²) in [5.41, 5.74) is 0.148. The monoisotopic (exact) mass is 308 g/mol. The molecule has 1 atom stereocenters. The molecule has 5 heteroatoms. The summed E-state index contributed by atoms with van der Waals surface area (Å²) in [5, 5.41) is 0.255. The van der Waals surface area contributed by atoms with Crippen LogP contribution in [0.2, 0.25) is 0 Å². The van der Waals surface area contributed by atoms with Crippen molar-refractivity contribution in [2.24, 2.45) is 0 Å². The van der Waals surface area contributed by atoms with Gasteiger partial charge in [-0.25, -0.2) is 4.98 Å². The highest BCUT2D eigenvalue weighted by molar-refractivity contribution is 6.20. The van der Waals surface area contributed by atoms with E-state index in [9.17, 15) is 4.79 Å². The molecule has 2 aromatic rings. The Kier molecular flexibility index (Phi) is 4.69. The highest BCUT2D eigenvalue weighted by Crippen LogP contribution is 2.21. The van der Waals surface area contributed by atoms with Crippen LogP contribution in [0.4, 0.5) is 0 Å². The molecule has 0 bridgehead atoms. The minimum Gasteiger partial charge on any atom is -0.374 e. The van der Waals surface area contributed by atoms with Crippen molar-refractivity contribution >= 4 is 22.5 Å². The second-order valence-electron chi connectivity index (χ2n) is 5.69. The van der Waals surface area contributed by atoms with E-state index in [1.165, 1.54) is 0 Å². The summed E-state index contributed by atoms with van der Waals surface area (Å²) in [6, 6.07) is 7.33. The lowest BCUT2D eigenvalue weighted by molar-refractivity contribution is -0.0236. The van der Waals surface area contributed by atoms with Gasteiger partial charge in [-0.1, -0.05) is 12.1 Å². The molecule has 1 unspecified atom stereocenters. The van der Waals surface area contributed by atoms with Crippen LogP contribution in [0.15, 0.2) is 29.1 Å². The molecular weight excluding hydrogens is 288 g/mol. The van der Waals surface area contributed by atoms with E-state index in [0.29, 0.717) is 29.9 Å². The molecule has 1 aromatic heterocycles. The molecule has 0 saturated heterocycles. The predicted molar refractivity (Wildman–Crippen MR) is 86.0 cm³/mol. The fourth-order valence-corrected chi connectivity index (χ4v) is 2.63. The van der Waals surface area contributed by atoms with Crippen molar-refractivity contribution in [1.82, 2.24) is 9.55 Å². The van der Waals surface area contributed by atoms with Gasteiger partial charge in [0.1, 0.15) is 5.82 Å². The SMILES string of the molecule is CCOC(C)(C)Cn1c(C(C)Cl)nc2ccccc2c1=O. The summed E-state index contributed by atoms with van der Waals surface area (Å²) >= 11 is 6.22. The van der Waals surface area contributed by atoms with Crippen molar-refractivity contribution < 1.29 is 4.74 Å². The number of benzene rings is 1. The van der Waals surface area contributed by atoms with Gasteiger partial charge >= 0.3 is 0 Å². The number of fused-ring (bicyclic) bond motifs is 1. The Labute approximate surface area is 129 Å². The first-order valence-electron chi connectivity index (χ1n) is 7.13. The lowest BCUT2D eigenvalue weighted by Gasteiger charge is -2.27. The zero-order valence-corrected chi connectivity index (χ0v) is 13.6. The zero-order chi connectivity index (χ0) is 15.6. The number of para-hydroxylation sites is 1. The van der Waals surface area contributed by atoms with Gasteiger partial charge in [-0.15, -0.1) is 11.6 Å². The lowest BCUT2D eigenvalue weighted by atomic mass is 10.1. The van der Waals surface area contributed by atoms with Crippen molar-refractivity contribution in [3.8, 4) is 0 Å². The molecule has 1 aromatic carbocycles. The van der Waals surface area contributed by atoms with Gasteiger partial charge in [-0.05, 0) is 39.8 Å². The Morgan fingerprint density at radius 3 is 2.67 bits per heavy atom. The van der Waals surface area contributed by atoms with Crippen LogP contribution in [0, 0.1) is 0 Å². The Hall–Kier alpha value is -1.39. The quantitative estimate of drug-likeness (QED) is 0.794. The standard InChI is InChI=1S/C16H21ClN2O2/c1-5-21-16(3,4)10-19-14(11(2)17)18-13-9-7-6-8-12(13)15(19)20/h6-9,11H,5,10H2,1-4H3. The number of nitrogens with zero attached hydrogens (tertiary/aromatic N) is 2. The predicted octanol–water partition coefficient (Wildman–Crippen LogP) is 3.51. The fourth-order valence-electron chi connectivity index (χ4n) is 2.46. The summed E-state index contributed by atoms with van der Waals surface area (Å²) < 4.78 is 7.34. The molecule has 0 radical (unpaired) electrons. The smallest absolute Gasteiger partial charge is 0.261 e. The number of alkyl halides is 1. The van der Waals surface area contributed by atoms with Gasteiger partial charge in [-0.2, -0.15) is 0 Å². The average Bonchev–Trinajstić information content (AvgIpc) is 2.41. The fraction of sp³-hybridized carbons (Fsp3) is 0.500. The lowest BCUT2D eigenvalue weighted by Crippen LogP contribution is -2.37. The van der Waals surface area contributed by atoms with Crippen molar-refractivity contribution in [2.75, 3.05) is 6.61 Å². The third-order valence-corrected chi connectivity index (χ3v) is 3.52. The van der Waals surface area contributed by atoms with Gasteiger partial charge in [0.05, 0.1) is 28.4 Å². The van der Waals surface area contributed by atoms with E-state index in [-0.39, 0.29) is 10.9 Å². The molecule has 1 heterocycles. The molecule has 0 N–H and O–H groups in total. The van der Waals surface area contributed by atoms with E-state index in [4.69, 9.17) is 16.3 Å². The molecular formula is C16H21ClN2O2. The van der Waals surface area contributed by atoms with Crippen molar-refractivity contribution in [3.05, 3.63) is 40.4 Å². The minimum atomic E-state index is -0.455. The number of halogens is 1. The highest BCUT2D eigenvalue weighted by Gasteiger charge is 2.23. The van der Waals surface area contributed by atoms with E-state index in [0.717, 1.165) is 0 Å². The van der Waals surface area contributed by atoms with Crippen molar-refractivity contribution in [1.29, 1.82) is 0 Å². The summed E-state index contributed by atoms with van der Waals surface area (Å²) in [6.45, 7) is 8.69. The molecule has 0 spiro atoms. The summed E-state index contributed by atoms with van der Waals surface area (Å²) in [7, 11) is 0. The third-order valence-electron chi connectivity index (χ3n) is 3.32. The van der Waals surface area contributed by atoms with Crippen molar-refractivity contribution in [3.63, 3.8) is 0 Å². The first kappa shape index (κ1) is 16.0. The normalized spacial score (nSPS) is 13.6. The van der Waals surface area contributed by atoms with Crippen molar-refractivity contribution in [2.45, 2.75) is 45.2 Å². The maximum Gasteiger partial charge on any atom is 0.261 e. The van der Waals surface area contributed by atoms with E-state index < -0.39 is 5.60 Å². The Bertz CT molecular complexity index is 692. The molecule has 114 valence electrons. The molecule has 4 nitrogen and oxygen atoms in total. The maximum absolute atomic E-state index is 12.7. The van der Waals surface area contributed by atoms with E-state index in [1.807, 2.05) is 45.9 Å². The first-order valence-corrected chi connectivity index (χ1v) is 7.57. The first-order chi connectivity index (χ1) is 9.85. The van der Waals surface area contributed by atoms with Crippen LogP contribution in [0.3, 0.4) is 0 Å². The molecule has 2 rings (SSSR count). The topological polar surface area (TPSA) is 44.1 Å². The second-order valence-corrected chi connectivity index (χ2v) is 6.34. The average molecular weight is 309 g/mol. The van der Waals surface area contributed by atoms with Crippen LogP contribution in [0.25, 0.3) is 10.9 Å². The highest BCUT2D eigenvalue weighted by atomic mass is 35.5. The van der Waals surface area contributed by atoms with Crippen LogP contribution in [-0.2, 0) is 11.3 Å². The van der Waals surface area contributed by atoms with E-state index >= 15 is 0 Å². The molecule has 0 saturated carbocycles. The van der Waals surface area contributed by atoms with Crippen LogP contribution >= 0.6 is 11.6 Å². The molecule has 0 aliphatic rings. The van der Waals surface area contributed by atoms with Crippen LogP contribution in [-0.4, -0.2) is 21.8 Å². The zero-order valence-electron chi connectivity index (χ0n) is 12.9. The Morgan fingerprint density at radius 2 is 2.05 bits per heavy atom. The number of hydrogen-bond acceptors (Lipinski definition) is 3. The summed E-state index contributed by atoms with van der Waals surface area (Å²) in [6.07, 6.45) is 0. The molecule has 0 aliphatic heterocycles. The van der Waals surface area contributed by atoms with Crippen LogP contribution in [0.1, 0.15) is 38.9 Å². The van der Waals surface area contributed by atoms with Crippen LogP contribution in [0.5, 0.6) is 0 Å². The van der Waals surface area contributed by atoms with Gasteiger partial charge in [-0.3, -0.25) is 9.36 Å². The molecule has 0 amide bonds. The Balaban J connectivity index is 2.62.